The number of benzene rings is 1. The van der Waals surface area contributed by atoms with Crippen molar-refractivity contribution in [1.29, 1.82) is 0 Å². The Bertz CT molecular complexity index is 644. The van der Waals surface area contributed by atoms with E-state index >= 15 is 0 Å². The summed E-state index contributed by atoms with van der Waals surface area (Å²) in [5.74, 6) is -1.56. The summed E-state index contributed by atoms with van der Waals surface area (Å²) >= 11 is 0. The molecule has 1 heterocycles. The van der Waals surface area contributed by atoms with Gasteiger partial charge in [-0.2, -0.15) is 0 Å². The molecule has 1 aromatic heterocycles. The third kappa shape index (κ3) is 2.67. The lowest BCUT2D eigenvalue weighted by atomic mass is 10.1. The number of aromatic carboxylic acids is 1. The summed E-state index contributed by atoms with van der Waals surface area (Å²) in [6.45, 7) is 3.22. The third-order valence-corrected chi connectivity index (χ3v) is 2.69. The van der Waals surface area contributed by atoms with Gasteiger partial charge < -0.3 is 10.4 Å². The Morgan fingerprint density at radius 3 is 2.74 bits per heavy atom. The van der Waals surface area contributed by atoms with Crippen molar-refractivity contribution in [3.05, 3.63) is 47.2 Å². The second-order valence-corrected chi connectivity index (χ2v) is 4.08. The molecule has 0 atom stereocenters. The lowest BCUT2D eigenvalue weighted by Crippen LogP contribution is -2.04. The van der Waals surface area contributed by atoms with E-state index in [1.807, 2.05) is 0 Å². The van der Waals surface area contributed by atoms with Gasteiger partial charge in [-0.3, -0.25) is 0 Å². The molecular formula is C13H12FN3O2. The number of carboxylic acids is 1. The van der Waals surface area contributed by atoms with Gasteiger partial charge in [-0.05, 0) is 31.5 Å². The Hall–Kier alpha value is -2.50. The minimum absolute atomic E-state index is 0.0210. The highest BCUT2D eigenvalue weighted by Crippen LogP contribution is 2.21. The van der Waals surface area contributed by atoms with Crippen LogP contribution in [0, 0.1) is 19.7 Å². The molecule has 19 heavy (non-hydrogen) atoms. The van der Waals surface area contributed by atoms with Crippen LogP contribution in [0.2, 0.25) is 0 Å². The smallest absolute Gasteiger partial charge is 0.336 e. The topological polar surface area (TPSA) is 75.1 Å². The molecule has 0 aliphatic heterocycles. The normalized spacial score (nSPS) is 10.3. The van der Waals surface area contributed by atoms with E-state index in [9.17, 15) is 9.18 Å². The van der Waals surface area contributed by atoms with Crippen LogP contribution in [0.3, 0.4) is 0 Å². The van der Waals surface area contributed by atoms with Gasteiger partial charge in [-0.25, -0.2) is 19.2 Å². The number of carbonyl (C=O) groups is 1. The van der Waals surface area contributed by atoms with Gasteiger partial charge in [0, 0.05) is 5.69 Å². The second kappa shape index (κ2) is 5.01. The van der Waals surface area contributed by atoms with Gasteiger partial charge in [-0.15, -0.1) is 0 Å². The SMILES string of the molecule is Cc1ccc(Nc2ncnc(C)c2F)cc1C(=O)O. The summed E-state index contributed by atoms with van der Waals surface area (Å²) in [7, 11) is 0. The fraction of sp³-hybridized carbons (Fsp3) is 0.154. The maximum Gasteiger partial charge on any atom is 0.336 e. The number of anilines is 2. The van der Waals surface area contributed by atoms with Gasteiger partial charge in [0.05, 0.1) is 11.3 Å². The molecule has 0 aliphatic carbocycles. The van der Waals surface area contributed by atoms with E-state index in [1.54, 1.807) is 19.1 Å². The Morgan fingerprint density at radius 1 is 1.32 bits per heavy atom. The zero-order valence-electron chi connectivity index (χ0n) is 10.4. The van der Waals surface area contributed by atoms with Crippen molar-refractivity contribution < 1.29 is 14.3 Å². The van der Waals surface area contributed by atoms with Crippen LogP contribution >= 0.6 is 0 Å². The summed E-state index contributed by atoms with van der Waals surface area (Å²) in [4.78, 5) is 18.5. The minimum Gasteiger partial charge on any atom is -0.478 e. The van der Waals surface area contributed by atoms with Crippen molar-refractivity contribution in [3.63, 3.8) is 0 Å². The van der Waals surface area contributed by atoms with E-state index < -0.39 is 11.8 Å². The average Bonchev–Trinajstić information content (AvgIpc) is 2.37. The summed E-state index contributed by atoms with van der Waals surface area (Å²) < 4.78 is 13.7. The largest absolute Gasteiger partial charge is 0.478 e. The summed E-state index contributed by atoms with van der Waals surface area (Å²) in [6, 6.07) is 4.75. The Balaban J connectivity index is 2.36. The maximum atomic E-state index is 13.7. The molecule has 5 nitrogen and oxygen atoms in total. The first-order chi connectivity index (χ1) is 8.99. The van der Waals surface area contributed by atoms with Gasteiger partial charge in [0.15, 0.2) is 11.6 Å². The average molecular weight is 261 g/mol. The number of nitrogens with one attached hydrogen (secondary N) is 1. The van der Waals surface area contributed by atoms with Crippen LogP contribution in [0.25, 0.3) is 0 Å². The molecule has 0 fully saturated rings. The Morgan fingerprint density at radius 2 is 2.05 bits per heavy atom. The van der Waals surface area contributed by atoms with E-state index in [0.29, 0.717) is 11.3 Å². The molecule has 0 unspecified atom stereocenters. The number of halogens is 1. The Kier molecular flexibility index (Phi) is 3.41. The molecule has 0 saturated carbocycles. The molecule has 1 aromatic carbocycles. The summed E-state index contributed by atoms with van der Waals surface area (Å²) in [6.07, 6.45) is 1.24. The predicted octanol–water partition coefficient (Wildman–Crippen LogP) is 2.67. The van der Waals surface area contributed by atoms with Crippen LogP contribution in [0.15, 0.2) is 24.5 Å². The number of rotatable bonds is 3. The van der Waals surface area contributed by atoms with Gasteiger partial charge in [0.25, 0.3) is 0 Å². The van der Waals surface area contributed by atoms with Crippen molar-refractivity contribution in [1.82, 2.24) is 9.97 Å². The van der Waals surface area contributed by atoms with Crippen LogP contribution in [-0.2, 0) is 0 Å². The van der Waals surface area contributed by atoms with Crippen LogP contribution in [-0.4, -0.2) is 21.0 Å². The zero-order chi connectivity index (χ0) is 14.0. The molecule has 98 valence electrons. The first-order valence-electron chi connectivity index (χ1n) is 5.57. The van der Waals surface area contributed by atoms with Gasteiger partial charge in [0.1, 0.15) is 6.33 Å². The first-order valence-corrected chi connectivity index (χ1v) is 5.57. The molecule has 0 saturated heterocycles. The molecule has 0 radical (unpaired) electrons. The van der Waals surface area contributed by atoms with Crippen molar-refractivity contribution in [2.75, 3.05) is 5.32 Å². The van der Waals surface area contributed by atoms with Gasteiger partial charge >= 0.3 is 5.97 Å². The third-order valence-electron chi connectivity index (χ3n) is 2.69. The fourth-order valence-corrected chi connectivity index (χ4v) is 1.61. The van der Waals surface area contributed by atoms with Gasteiger partial charge in [-0.1, -0.05) is 6.07 Å². The molecule has 0 bridgehead atoms. The molecule has 2 N–H and O–H groups in total. The summed E-state index contributed by atoms with van der Waals surface area (Å²) in [5, 5.41) is 11.8. The highest BCUT2D eigenvalue weighted by Gasteiger charge is 2.11. The van der Waals surface area contributed by atoms with E-state index in [4.69, 9.17) is 5.11 Å². The molecule has 0 aliphatic rings. The van der Waals surface area contributed by atoms with Crippen molar-refractivity contribution in [2.24, 2.45) is 0 Å². The van der Waals surface area contributed by atoms with Crippen LogP contribution in [0.1, 0.15) is 21.6 Å². The second-order valence-electron chi connectivity index (χ2n) is 4.08. The van der Waals surface area contributed by atoms with E-state index in [0.717, 1.165) is 0 Å². The van der Waals surface area contributed by atoms with Gasteiger partial charge in [0.2, 0.25) is 0 Å². The highest BCUT2D eigenvalue weighted by molar-refractivity contribution is 5.90. The quantitative estimate of drug-likeness (QED) is 0.888. The number of aryl methyl sites for hydroxylation is 2. The van der Waals surface area contributed by atoms with E-state index in [-0.39, 0.29) is 17.1 Å². The highest BCUT2D eigenvalue weighted by atomic mass is 19.1. The van der Waals surface area contributed by atoms with Crippen LogP contribution in [0.4, 0.5) is 15.9 Å². The zero-order valence-corrected chi connectivity index (χ0v) is 10.4. The molecular weight excluding hydrogens is 249 g/mol. The van der Waals surface area contributed by atoms with Crippen molar-refractivity contribution in [2.45, 2.75) is 13.8 Å². The number of carboxylic acid groups (broad SMARTS) is 1. The first kappa shape index (κ1) is 12.9. The number of hydrogen-bond donors (Lipinski definition) is 2. The maximum absolute atomic E-state index is 13.7. The molecule has 6 heteroatoms. The number of aromatic nitrogens is 2. The van der Waals surface area contributed by atoms with Crippen LogP contribution < -0.4 is 5.32 Å². The van der Waals surface area contributed by atoms with E-state index in [1.165, 1.54) is 19.3 Å². The lowest BCUT2D eigenvalue weighted by molar-refractivity contribution is 0.0696. The molecule has 2 aromatic rings. The fourth-order valence-electron chi connectivity index (χ4n) is 1.61. The summed E-state index contributed by atoms with van der Waals surface area (Å²) in [5.41, 5.74) is 1.48. The lowest BCUT2D eigenvalue weighted by Gasteiger charge is -2.09. The predicted molar refractivity (Wildman–Crippen MR) is 68.1 cm³/mol. The van der Waals surface area contributed by atoms with E-state index in [2.05, 4.69) is 15.3 Å². The monoisotopic (exact) mass is 261 g/mol. The minimum atomic E-state index is -1.03. The number of nitrogens with zero attached hydrogens (tertiary/aromatic N) is 2. The van der Waals surface area contributed by atoms with Crippen molar-refractivity contribution in [3.8, 4) is 0 Å². The van der Waals surface area contributed by atoms with Crippen LogP contribution in [0.5, 0.6) is 0 Å². The molecule has 2 rings (SSSR count). The molecule has 0 spiro atoms. The Labute approximate surface area is 109 Å². The number of hydrogen-bond acceptors (Lipinski definition) is 4. The molecule has 0 amide bonds. The van der Waals surface area contributed by atoms with Crippen molar-refractivity contribution >= 4 is 17.5 Å². The standard InChI is InChI=1S/C13H12FN3O2/c1-7-3-4-9(5-10(7)13(18)19)17-12-11(14)8(2)15-6-16-12/h3-6H,1-2H3,(H,18,19)(H,15,16,17).